The molecule has 1 saturated heterocycles. The average Bonchev–Trinajstić information content (AvgIpc) is 2.65. The maximum absolute atomic E-state index is 5.54. The molecule has 1 aliphatic rings. The highest BCUT2D eigenvalue weighted by molar-refractivity contribution is 5.40. The Hall–Kier alpha value is -2.04. The summed E-state index contributed by atoms with van der Waals surface area (Å²) in [6.45, 7) is 9.16. The van der Waals surface area contributed by atoms with Gasteiger partial charge in [0.1, 0.15) is 50.8 Å². The van der Waals surface area contributed by atoms with Crippen molar-refractivity contribution in [3.8, 4) is 11.5 Å². The van der Waals surface area contributed by atoms with Gasteiger partial charge in [0.15, 0.2) is 0 Å². The lowest BCUT2D eigenvalue weighted by molar-refractivity contribution is -1.02. The number of rotatable bonds is 6. The maximum atomic E-state index is 5.54. The second-order valence-electron chi connectivity index (χ2n) is 7.02. The van der Waals surface area contributed by atoms with Crippen LogP contribution in [0, 0.1) is 6.92 Å². The second kappa shape index (κ2) is 8.37. The van der Waals surface area contributed by atoms with Gasteiger partial charge in [0.2, 0.25) is 0 Å². The summed E-state index contributed by atoms with van der Waals surface area (Å²) >= 11 is 0. The van der Waals surface area contributed by atoms with Gasteiger partial charge in [0, 0.05) is 17.2 Å². The van der Waals surface area contributed by atoms with Crippen molar-refractivity contribution in [1.29, 1.82) is 0 Å². The van der Waals surface area contributed by atoms with Gasteiger partial charge < -0.3 is 19.3 Å². The highest BCUT2D eigenvalue weighted by Gasteiger charge is 2.24. The van der Waals surface area contributed by atoms with Crippen LogP contribution < -0.4 is 19.3 Å². The van der Waals surface area contributed by atoms with Crippen LogP contribution in [0.3, 0.4) is 0 Å². The number of benzene rings is 2. The smallest absolute Gasteiger partial charge is 0.131 e. The molecule has 0 aliphatic carbocycles. The van der Waals surface area contributed by atoms with E-state index in [-0.39, 0.29) is 0 Å². The molecule has 25 heavy (non-hydrogen) atoms. The topological polar surface area (TPSA) is 27.3 Å². The normalized spacial score (nSPS) is 20.3. The molecule has 0 amide bonds. The van der Waals surface area contributed by atoms with Gasteiger partial charge in [-0.2, -0.15) is 0 Å². The molecule has 0 spiro atoms. The van der Waals surface area contributed by atoms with Crippen molar-refractivity contribution in [2.24, 2.45) is 0 Å². The Morgan fingerprint density at radius 1 is 0.800 bits per heavy atom. The fourth-order valence-electron chi connectivity index (χ4n) is 3.57. The van der Waals surface area contributed by atoms with Crippen LogP contribution in [0.5, 0.6) is 11.5 Å². The van der Waals surface area contributed by atoms with E-state index >= 15 is 0 Å². The van der Waals surface area contributed by atoms with Crippen LogP contribution in [0.15, 0.2) is 42.5 Å². The summed E-state index contributed by atoms with van der Waals surface area (Å²) in [5, 5.41) is 0. The minimum absolute atomic E-state index is 0.850. The first kappa shape index (κ1) is 17.8. The molecule has 2 N–H and O–H groups in total. The van der Waals surface area contributed by atoms with E-state index in [1.54, 1.807) is 24.0 Å². The molecule has 0 saturated carbocycles. The van der Waals surface area contributed by atoms with Gasteiger partial charge in [0.05, 0.1) is 14.2 Å². The Bertz CT molecular complexity index is 677. The van der Waals surface area contributed by atoms with Gasteiger partial charge in [0.25, 0.3) is 0 Å². The number of hydrogen-bond donors (Lipinski definition) is 2. The van der Waals surface area contributed by atoms with Gasteiger partial charge in [-0.3, -0.25) is 0 Å². The van der Waals surface area contributed by atoms with Crippen LogP contribution in [0.4, 0.5) is 0 Å². The molecule has 4 nitrogen and oxygen atoms in total. The summed E-state index contributed by atoms with van der Waals surface area (Å²) in [4.78, 5) is 3.32. The largest absolute Gasteiger partial charge is 0.497 e. The number of quaternary nitrogens is 2. The van der Waals surface area contributed by atoms with Crippen molar-refractivity contribution in [3.63, 3.8) is 0 Å². The van der Waals surface area contributed by atoms with Crippen molar-refractivity contribution in [2.45, 2.75) is 20.0 Å². The molecule has 3 rings (SSSR count). The lowest BCUT2D eigenvalue weighted by Crippen LogP contribution is -3.27. The van der Waals surface area contributed by atoms with Crippen molar-refractivity contribution in [1.82, 2.24) is 0 Å². The lowest BCUT2D eigenvalue weighted by Gasteiger charge is -2.30. The van der Waals surface area contributed by atoms with Crippen molar-refractivity contribution in [3.05, 3.63) is 59.2 Å². The molecule has 2 aromatic rings. The van der Waals surface area contributed by atoms with Gasteiger partial charge >= 0.3 is 0 Å². The Labute approximate surface area is 151 Å². The van der Waals surface area contributed by atoms with Gasteiger partial charge in [-0.15, -0.1) is 0 Å². The summed E-state index contributed by atoms with van der Waals surface area (Å²) in [7, 11) is 3.42. The third-order valence-corrected chi connectivity index (χ3v) is 5.17. The molecule has 1 fully saturated rings. The monoisotopic (exact) mass is 342 g/mol. The fourth-order valence-corrected chi connectivity index (χ4v) is 3.57. The van der Waals surface area contributed by atoms with Gasteiger partial charge in [-0.05, 0) is 19.1 Å². The Morgan fingerprint density at radius 3 is 2.04 bits per heavy atom. The highest BCUT2D eigenvalue weighted by atomic mass is 16.5. The number of aryl methyl sites for hydroxylation is 1. The van der Waals surface area contributed by atoms with E-state index in [1.165, 1.54) is 42.9 Å². The number of piperazine rings is 1. The molecule has 0 aromatic heterocycles. The molecule has 0 atom stereocenters. The van der Waals surface area contributed by atoms with Crippen molar-refractivity contribution in [2.75, 3.05) is 40.4 Å². The fraction of sp³-hybridized carbons (Fsp3) is 0.429. The van der Waals surface area contributed by atoms with Crippen LogP contribution in [-0.2, 0) is 13.1 Å². The van der Waals surface area contributed by atoms with E-state index in [0.29, 0.717) is 0 Å². The molecular weight excluding hydrogens is 312 g/mol. The van der Waals surface area contributed by atoms with E-state index in [0.717, 1.165) is 24.6 Å². The number of ether oxygens (including phenoxy) is 2. The standard InChI is InChI=1S/C21H28N2O2/c1-17-4-6-18(7-5-17)15-22-10-12-23(13-11-22)16-19-8-9-20(24-2)14-21(19)25-3/h4-9,14H,10-13,15-16H2,1-3H3/p+2. The van der Waals surface area contributed by atoms with Crippen molar-refractivity contribution < 1.29 is 19.3 Å². The van der Waals surface area contributed by atoms with Crippen LogP contribution >= 0.6 is 0 Å². The minimum atomic E-state index is 0.850. The summed E-state index contributed by atoms with van der Waals surface area (Å²) in [5.74, 6) is 1.78. The zero-order chi connectivity index (χ0) is 17.6. The molecular formula is C21H30N2O2+2. The summed E-state index contributed by atoms with van der Waals surface area (Å²) in [5.41, 5.74) is 4.04. The van der Waals surface area contributed by atoms with Gasteiger partial charge in [-0.1, -0.05) is 29.8 Å². The van der Waals surface area contributed by atoms with Crippen LogP contribution in [0.2, 0.25) is 0 Å². The van der Waals surface area contributed by atoms with Crippen LogP contribution in [-0.4, -0.2) is 40.4 Å². The van der Waals surface area contributed by atoms with E-state index in [4.69, 9.17) is 9.47 Å². The number of hydrogen-bond acceptors (Lipinski definition) is 2. The number of nitrogens with one attached hydrogen (secondary N) is 2. The Morgan fingerprint density at radius 2 is 1.44 bits per heavy atom. The van der Waals surface area contributed by atoms with Crippen LogP contribution in [0.25, 0.3) is 0 Å². The van der Waals surface area contributed by atoms with E-state index < -0.39 is 0 Å². The van der Waals surface area contributed by atoms with Crippen molar-refractivity contribution >= 4 is 0 Å². The Kier molecular flexibility index (Phi) is 5.95. The molecule has 4 heteroatoms. The van der Waals surface area contributed by atoms with E-state index in [1.807, 2.05) is 12.1 Å². The minimum Gasteiger partial charge on any atom is -0.497 e. The predicted octanol–water partition coefficient (Wildman–Crippen LogP) is 0.496. The molecule has 1 heterocycles. The van der Waals surface area contributed by atoms with Crippen LogP contribution in [0.1, 0.15) is 16.7 Å². The molecule has 0 radical (unpaired) electrons. The summed E-state index contributed by atoms with van der Waals surface area (Å²) in [6, 6.07) is 15.1. The first-order valence-corrected chi connectivity index (χ1v) is 9.11. The number of methoxy groups -OCH3 is 2. The summed E-state index contributed by atoms with van der Waals surface area (Å²) in [6.07, 6.45) is 0. The highest BCUT2D eigenvalue weighted by Crippen LogP contribution is 2.23. The molecule has 134 valence electrons. The quantitative estimate of drug-likeness (QED) is 0.800. The molecule has 2 aromatic carbocycles. The molecule has 1 aliphatic heterocycles. The third-order valence-electron chi connectivity index (χ3n) is 5.17. The van der Waals surface area contributed by atoms with Gasteiger partial charge in [-0.25, -0.2) is 0 Å². The zero-order valence-electron chi connectivity index (χ0n) is 15.6. The third kappa shape index (κ3) is 4.74. The lowest BCUT2D eigenvalue weighted by atomic mass is 10.1. The maximum Gasteiger partial charge on any atom is 0.131 e. The molecule has 0 unspecified atom stereocenters. The average molecular weight is 342 g/mol. The summed E-state index contributed by atoms with van der Waals surface area (Å²) < 4.78 is 10.8. The first-order valence-electron chi connectivity index (χ1n) is 9.11. The SMILES string of the molecule is COc1ccc(C[NH+]2CC[NH+](Cc3ccc(C)cc3)CC2)c(OC)c1. The first-order chi connectivity index (χ1) is 12.2. The second-order valence-corrected chi connectivity index (χ2v) is 7.02. The van der Waals surface area contributed by atoms with E-state index in [2.05, 4.69) is 37.3 Å². The predicted molar refractivity (Wildman–Crippen MR) is 99.5 cm³/mol. The molecule has 0 bridgehead atoms. The Balaban J connectivity index is 1.53. The zero-order valence-corrected chi connectivity index (χ0v) is 15.6. The van der Waals surface area contributed by atoms with E-state index in [9.17, 15) is 0 Å².